The van der Waals surface area contributed by atoms with Gasteiger partial charge in [0.2, 0.25) is 11.8 Å². The van der Waals surface area contributed by atoms with Gasteiger partial charge in [0.05, 0.1) is 12.5 Å². The third-order valence-corrected chi connectivity index (χ3v) is 4.72. The molecule has 2 N–H and O–H groups in total. The standard InChI is InChI=1S/C19H19N3O2/c1-12-10-14(19(20)23)13-6-2-4-8-16(13)22(12)11-18-21-15-7-3-5-9-17(15)24-18/h2-9,12,14H,10-11H2,1H3,(H2,20,23)/t12-,14+/m0/s1. The molecule has 2 aromatic carbocycles. The van der Waals surface area contributed by atoms with Crippen LogP contribution in [0.3, 0.4) is 0 Å². The third-order valence-electron chi connectivity index (χ3n) is 4.72. The summed E-state index contributed by atoms with van der Waals surface area (Å²) < 4.78 is 5.86. The minimum absolute atomic E-state index is 0.174. The number of carbonyl (C=O) groups excluding carboxylic acids is 1. The fourth-order valence-electron chi connectivity index (χ4n) is 3.52. The van der Waals surface area contributed by atoms with Gasteiger partial charge in [0, 0.05) is 11.7 Å². The lowest BCUT2D eigenvalue weighted by Crippen LogP contribution is -2.41. The first kappa shape index (κ1) is 14.8. The number of hydrogen-bond donors (Lipinski definition) is 1. The molecule has 0 spiro atoms. The van der Waals surface area contributed by atoms with Crippen molar-refractivity contribution < 1.29 is 9.21 Å². The molecule has 1 aliphatic rings. The van der Waals surface area contributed by atoms with Gasteiger partial charge >= 0.3 is 0 Å². The summed E-state index contributed by atoms with van der Waals surface area (Å²) in [6.07, 6.45) is 0.701. The van der Waals surface area contributed by atoms with Gasteiger partial charge in [-0.2, -0.15) is 0 Å². The molecular formula is C19H19N3O2. The number of carbonyl (C=O) groups is 1. The van der Waals surface area contributed by atoms with E-state index in [9.17, 15) is 4.79 Å². The third kappa shape index (κ3) is 2.42. The van der Waals surface area contributed by atoms with Crippen LogP contribution in [0.2, 0.25) is 0 Å². The molecule has 1 aliphatic heterocycles. The topological polar surface area (TPSA) is 72.4 Å². The fourth-order valence-corrected chi connectivity index (χ4v) is 3.52. The summed E-state index contributed by atoms with van der Waals surface area (Å²) in [6.45, 7) is 2.67. The number of hydrogen-bond acceptors (Lipinski definition) is 4. The Labute approximate surface area is 140 Å². The van der Waals surface area contributed by atoms with Crippen LogP contribution in [0.15, 0.2) is 52.9 Å². The summed E-state index contributed by atoms with van der Waals surface area (Å²) in [4.78, 5) is 18.6. The second-order valence-electron chi connectivity index (χ2n) is 6.30. The first-order valence-electron chi connectivity index (χ1n) is 8.13. The Balaban J connectivity index is 1.71. The van der Waals surface area contributed by atoms with Crippen molar-refractivity contribution in [3.8, 4) is 0 Å². The maximum atomic E-state index is 11.8. The molecule has 3 aromatic rings. The zero-order chi connectivity index (χ0) is 16.7. The van der Waals surface area contributed by atoms with Crippen molar-refractivity contribution in [3.63, 3.8) is 0 Å². The van der Waals surface area contributed by atoms with E-state index in [0.717, 1.165) is 22.4 Å². The normalized spacial score (nSPS) is 20.1. The van der Waals surface area contributed by atoms with Gasteiger partial charge in [-0.05, 0) is 37.1 Å². The van der Waals surface area contributed by atoms with Crippen LogP contribution in [0.5, 0.6) is 0 Å². The number of nitrogens with two attached hydrogens (primary N) is 1. The highest BCUT2D eigenvalue weighted by molar-refractivity contribution is 5.85. The van der Waals surface area contributed by atoms with Crippen molar-refractivity contribution in [1.29, 1.82) is 0 Å². The highest BCUT2D eigenvalue weighted by Crippen LogP contribution is 2.39. The van der Waals surface area contributed by atoms with Crippen molar-refractivity contribution in [1.82, 2.24) is 4.98 Å². The van der Waals surface area contributed by atoms with E-state index < -0.39 is 0 Å². The number of fused-ring (bicyclic) bond motifs is 2. The lowest BCUT2D eigenvalue weighted by Gasteiger charge is -2.39. The number of benzene rings is 2. The summed E-state index contributed by atoms with van der Waals surface area (Å²) in [7, 11) is 0. The number of para-hydroxylation sites is 3. The molecule has 0 saturated heterocycles. The molecule has 122 valence electrons. The minimum atomic E-state index is -0.268. The predicted molar refractivity (Wildman–Crippen MR) is 92.6 cm³/mol. The Morgan fingerprint density at radius 3 is 2.79 bits per heavy atom. The van der Waals surface area contributed by atoms with E-state index in [-0.39, 0.29) is 17.9 Å². The summed E-state index contributed by atoms with van der Waals surface area (Å²) >= 11 is 0. The highest BCUT2D eigenvalue weighted by Gasteiger charge is 2.33. The lowest BCUT2D eigenvalue weighted by molar-refractivity contribution is -0.119. The SMILES string of the molecule is C[C@H]1C[C@@H](C(N)=O)c2ccccc2N1Cc1nc2ccccc2o1. The molecule has 0 fully saturated rings. The van der Waals surface area contributed by atoms with Crippen LogP contribution < -0.4 is 10.6 Å². The largest absolute Gasteiger partial charge is 0.439 e. The Morgan fingerprint density at radius 1 is 1.25 bits per heavy atom. The monoisotopic (exact) mass is 321 g/mol. The van der Waals surface area contributed by atoms with E-state index in [1.165, 1.54) is 0 Å². The lowest BCUT2D eigenvalue weighted by atomic mass is 9.85. The molecule has 24 heavy (non-hydrogen) atoms. The molecule has 0 radical (unpaired) electrons. The van der Waals surface area contributed by atoms with Crippen LogP contribution in [0.4, 0.5) is 5.69 Å². The molecule has 0 saturated carbocycles. The van der Waals surface area contributed by atoms with Crippen LogP contribution >= 0.6 is 0 Å². The molecule has 0 bridgehead atoms. The number of primary amides is 1. The number of rotatable bonds is 3. The maximum absolute atomic E-state index is 11.8. The fraction of sp³-hybridized carbons (Fsp3) is 0.263. The van der Waals surface area contributed by atoms with Gasteiger partial charge in [-0.3, -0.25) is 4.79 Å². The molecule has 1 aromatic heterocycles. The zero-order valence-corrected chi connectivity index (χ0v) is 13.5. The van der Waals surface area contributed by atoms with Gasteiger partial charge in [-0.15, -0.1) is 0 Å². The van der Waals surface area contributed by atoms with E-state index in [0.29, 0.717) is 18.9 Å². The molecule has 5 heteroatoms. The number of nitrogens with zero attached hydrogens (tertiary/aromatic N) is 2. The molecule has 0 unspecified atom stereocenters. The van der Waals surface area contributed by atoms with Gasteiger partial charge in [0.25, 0.3) is 0 Å². The van der Waals surface area contributed by atoms with Gasteiger partial charge in [0.1, 0.15) is 5.52 Å². The average molecular weight is 321 g/mol. The summed E-state index contributed by atoms with van der Waals surface area (Å²) in [5.74, 6) is 0.169. The Morgan fingerprint density at radius 2 is 2.00 bits per heavy atom. The summed E-state index contributed by atoms with van der Waals surface area (Å²) in [5.41, 5.74) is 9.27. The van der Waals surface area contributed by atoms with Crippen LogP contribution in [0, 0.1) is 0 Å². The first-order valence-corrected chi connectivity index (χ1v) is 8.13. The molecule has 2 heterocycles. The molecule has 2 atom stereocenters. The highest BCUT2D eigenvalue weighted by atomic mass is 16.3. The number of amides is 1. The van der Waals surface area contributed by atoms with Crippen molar-refractivity contribution in [3.05, 3.63) is 60.0 Å². The molecular weight excluding hydrogens is 302 g/mol. The van der Waals surface area contributed by atoms with Crippen LogP contribution in [-0.2, 0) is 11.3 Å². The van der Waals surface area contributed by atoms with E-state index in [1.54, 1.807) is 0 Å². The van der Waals surface area contributed by atoms with Crippen molar-refractivity contribution in [2.75, 3.05) is 4.90 Å². The zero-order valence-electron chi connectivity index (χ0n) is 13.5. The summed E-state index contributed by atoms with van der Waals surface area (Å²) in [5, 5.41) is 0. The quantitative estimate of drug-likeness (QED) is 0.804. The van der Waals surface area contributed by atoms with Gasteiger partial charge in [0.15, 0.2) is 5.58 Å². The Kier molecular flexibility index (Phi) is 3.49. The van der Waals surface area contributed by atoms with Crippen molar-refractivity contribution >= 4 is 22.7 Å². The van der Waals surface area contributed by atoms with E-state index in [4.69, 9.17) is 10.2 Å². The van der Waals surface area contributed by atoms with Gasteiger partial charge in [-0.25, -0.2) is 4.98 Å². The van der Waals surface area contributed by atoms with Crippen molar-refractivity contribution in [2.45, 2.75) is 31.8 Å². The van der Waals surface area contributed by atoms with Crippen molar-refractivity contribution in [2.24, 2.45) is 5.73 Å². The Hall–Kier alpha value is -2.82. The minimum Gasteiger partial charge on any atom is -0.439 e. The van der Waals surface area contributed by atoms with Crippen LogP contribution in [0.25, 0.3) is 11.1 Å². The van der Waals surface area contributed by atoms with Gasteiger partial charge in [-0.1, -0.05) is 30.3 Å². The van der Waals surface area contributed by atoms with E-state index >= 15 is 0 Å². The maximum Gasteiger partial charge on any atom is 0.225 e. The molecule has 1 amide bonds. The molecule has 5 nitrogen and oxygen atoms in total. The van der Waals surface area contributed by atoms with Crippen LogP contribution in [-0.4, -0.2) is 16.9 Å². The number of anilines is 1. The molecule has 0 aliphatic carbocycles. The predicted octanol–water partition coefficient (Wildman–Crippen LogP) is 3.20. The summed E-state index contributed by atoms with van der Waals surface area (Å²) in [6, 6.07) is 15.9. The van der Waals surface area contributed by atoms with Gasteiger partial charge < -0.3 is 15.1 Å². The second kappa shape index (κ2) is 5.67. The number of oxazole rings is 1. The first-order chi connectivity index (χ1) is 11.6. The second-order valence-corrected chi connectivity index (χ2v) is 6.30. The van der Waals surface area contributed by atoms with Crippen LogP contribution in [0.1, 0.15) is 30.7 Å². The average Bonchev–Trinajstić information content (AvgIpc) is 2.99. The number of aromatic nitrogens is 1. The molecule has 4 rings (SSSR count). The smallest absolute Gasteiger partial charge is 0.225 e. The Bertz CT molecular complexity index is 869. The van der Waals surface area contributed by atoms with E-state index in [2.05, 4.69) is 16.8 Å². The van der Waals surface area contributed by atoms with E-state index in [1.807, 2.05) is 48.5 Å².